The molecule has 1 aromatic heterocycles. The van der Waals surface area contributed by atoms with Gasteiger partial charge in [0.2, 0.25) is 0 Å². The molecule has 0 aliphatic heterocycles. The molecule has 7 heteroatoms. The third-order valence-electron chi connectivity index (χ3n) is 2.82. The van der Waals surface area contributed by atoms with Gasteiger partial charge in [-0.25, -0.2) is 9.78 Å². The summed E-state index contributed by atoms with van der Waals surface area (Å²) in [5.41, 5.74) is 2.08. The highest BCUT2D eigenvalue weighted by Crippen LogP contribution is 2.22. The zero-order valence-corrected chi connectivity index (χ0v) is 14.0. The van der Waals surface area contributed by atoms with Gasteiger partial charge in [0.25, 0.3) is 5.91 Å². The van der Waals surface area contributed by atoms with Crippen LogP contribution in [0.3, 0.4) is 0 Å². The van der Waals surface area contributed by atoms with Crippen molar-refractivity contribution in [2.24, 2.45) is 0 Å². The van der Waals surface area contributed by atoms with Gasteiger partial charge < -0.3 is 10.1 Å². The molecular weight excluding hydrogens is 324 g/mol. The number of nitrogens with zero attached hydrogens (tertiary/aromatic N) is 1. The Morgan fingerprint density at radius 1 is 1.32 bits per heavy atom. The Kier molecular flexibility index (Phi) is 5.15. The van der Waals surface area contributed by atoms with Crippen LogP contribution in [-0.4, -0.2) is 23.5 Å². The van der Waals surface area contributed by atoms with Crippen molar-refractivity contribution in [1.82, 2.24) is 4.98 Å². The molecule has 0 radical (unpaired) electrons. The first-order valence-corrected chi connectivity index (χ1v) is 7.73. The molecule has 0 spiro atoms. The van der Waals surface area contributed by atoms with E-state index in [0.29, 0.717) is 21.3 Å². The van der Waals surface area contributed by atoms with E-state index in [4.69, 9.17) is 16.3 Å². The molecule has 0 aliphatic carbocycles. The van der Waals surface area contributed by atoms with Crippen molar-refractivity contribution in [1.29, 1.82) is 0 Å². The Morgan fingerprint density at radius 3 is 2.64 bits per heavy atom. The number of ether oxygens (including phenoxy) is 1. The van der Waals surface area contributed by atoms with E-state index in [9.17, 15) is 9.59 Å². The highest BCUT2D eigenvalue weighted by Gasteiger charge is 2.17. The first-order valence-electron chi connectivity index (χ1n) is 6.54. The number of carbonyl (C=O) groups is 2. The number of benzene rings is 1. The number of carbonyl (C=O) groups excluding carboxylic acids is 2. The van der Waals surface area contributed by atoms with E-state index in [1.807, 2.05) is 13.0 Å². The van der Waals surface area contributed by atoms with E-state index in [1.165, 1.54) is 11.3 Å². The van der Waals surface area contributed by atoms with E-state index in [-0.39, 0.29) is 6.61 Å². The van der Waals surface area contributed by atoms with Gasteiger partial charge in [0.1, 0.15) is 4.88 Å². The van der Waals surface area contributed by atoms with Gasteiger partial charge in [0.15, 0.2) is 6.61 Å². The van der Waals surface area contributed by atoms with Gasteiger partial charge >= 0.3 is 5.97 Å². The maximum absolute atomic E-state index is 11.9. The molecule has 0 fully saturated rings. The molecule has 1 N–H and O–H groups in total. The quantitative estimate of drug-likeness (QED) is 0.866. The van der Waals surface area contributed by atoms with Crippen molar-refractivity contribution >= 4 is 40.5 Å². The molecule has 22 heavy (non-hydrogen) atoms. The summed E-state index contributed by atoms with van der Waals surface area (Å²) in [5.74, 6) is -0.994. The third-order valence-corrected chi connectivity index (χ3v) is 4.19. The molecule has 2 rings (SSSR count). The number of esters is 1. The number of rotatable bonds is 4. The summed E-state index contributed by atoms with van der Waals surface area (Å²) >= 11 is 7.27. The average Bonchev–Trinajstić information content (AvgIpc) is 2.78. The molecule has 0 saturated heterocycles. The fraction of sp³-hybridized carbons (Fsp3) is 0.267. The first kappa shape index (κ1) is 16.5. The smallest absolute Gasteiger partial charge is 0.350 e. The van der Waals surface area contributed by atoms with E-state index in [0.717, 1.165) is 10.6 Å². The van der Waals surface area contributed by atoms with Crippen LogP contribution in [0.25, 0.3) is 0 Å². The number of amides is 1. The van der Waals surface area contributed by atoms with Crippen LogP contribution >= 0.6 is 22.9 Å². The second-order valence-corrected chi connectivity index (χ2v) is 6.37. The number of aryl methyl sites for hydroxylation is 3. The Hall–Kier alpha value is -1.92. The van der Waals surface area contributed by atoms with E-state index >= 15 is 0 Å². The topological polar surface area (TPSA) is 68.3 Å². The minimum Gasteiger partial charge on any atom is -0.451 e. The monoisotopic (exact) mass is 338 g/mol. The maximum atomic E-state index is 11.9. The van der Waals surface area contributed by atoms with Crippen LogP contribution in [0.5, 0.6) is 0 Å². The minimum atomic E-state index is -0.548. The molecule has 2 aromatic rings. The van der Waals surface area contributed by atoms with Gasteiger partial charge in [-0.15, -0.1) is 11.3 Å². The summed E-state index contributed by atoms with van der Waals surface area (Å²) < 4.78 is 5.00. The fourth-order valence-corrected chi connectivity index (χ4v) is 2.92. The predicted molar refractivity (Wildman–Crippen MR) is 86.7 cm³/mol. The van der Waals surface area contributed by atoms with Crippen LogP contribution in [0.1, 0.15) is 25.9 Å². The van der Waals surface area contributed by atoms with Crippen LogP contribution < -0.4 is 5.32 Å². The lowest BCUT2D eigenvalue weighted by molar-refractivity contribution is -0.119. The Morgan fingerprint density at radius 2 is 2.05 bits per heavy atom. The van der Waals surface area contributed by atoms with Gasteiger partial charge in [0.05, 0.1) is 21.4 Å². The summed E-state index contributed by atoms with van der Waals surface area (Å²) in [6, 6.07) is 5.28. The number of nitrogens with one attached hydrogen (secondary N) is 1. The molecular formula is C15H15ClN2O3S. The number of hydrogen-bond donors (Lipinski definition) is 1. The van der Waals surface area contributed by atoms with Crippen molar-refractivity contribution in [3.05, 3.63) is 44.4 Å². The highest BCUT2D eigenvalue weighted by molar-refractivity contribution is 7.13. The zero-order chi connectivity index (χ0) is 16.3. The van der Waals surface area contributed by atoms with Crippen LogP contribution in [0.15, 0.2) is 18.2 Å². The minimum absolute atomic E-state index is 0.376. The van der Waals surface area contributed by atoms with Gasteiger partial charge in [0, 0.05) is 0 Å². The number of hydrogen-bond acceptors (Lipinski definition) is 5. The van der Waals surface area contributed by atoms with Crippen molar-refractivity contribution in [3.8, 4) is 0 Å². The lowest BCUT2D eigenvalue weighted by Gasteiger charge is -2.08. The Balaban J connectivity index is 1.92. The van der Waals surface area contributed by atoms with Gasteiger partial charge in [-0.1, -0.05) is 17.7 Å². The third kappa shape index (κ3) is 4.05. The standard InChI is InChI=1S/C15H15ClN2O3S/c1-8-4-5-12(11(16)6-8)18-13(19)7-21-15(20)14-9(2)17-10(3)22-14/h4-6H,7H2,1-3H3,(H,18,19). The number of anilines is 1. The molecule has 0 saturated carbocycles. The second kappa shape index (κ2) is 6.89. The highest BCUT2D eigenvalue weighted by atomic mass is 35.5. The van der Waals surface area contributed by atoms with Crippen LogP contribution in [0.2, 0.25) is 5.02 Å². The van der Waals surface area contributed by atoms with Crippen LogP contribution in [-0.2, 0) is 9.53 Å². The SMILES string of the molecule is Cc1ccc(NC(=O)COC(=O)c2sc(C)nc2C)c(Cl)c1. The van der Waals surface area contributed by atoms with Gasteiger partial charge in [-0.2, -0.15) is 0 Å². The van der Waals surface area contributed by atoms with Crippen molar-refractivity contribution in [3.63, 3.8) is 0 Å². The van der Waals surface area contributed by atoms with Gasteiger partial charge in [-0.05, 0) is 38.5 Å². The van der Waals surface area contributed by atoms with Crippen molar-refractivity contribution < 1.29 is 14.3 Å². The van der Waals surface area contributed by atoms with Crippen LogP contribution in [0, 0.1) is 20.8 Å². The molecule has 116 valence electrons. The second-order valence-electron chi connectivity index (χ2n) is 4.76. The molecule has 5 nitrogen and oxygen atoms in total. The largest absolute Gasteiger partial charge is 0.451 e. The first-order chi connectivity index (χ1) is 10.4. The molecule has 0 unspecified atom stereocenters. The summed E-state index contributed by atoms with van der Waals surface area (Å²) in [6.45, 7) is 5.06. The summed E-state index contributed by atoms with van der Waals surface area (Å²) in [7, 11) is 0. The zero-order valence-electron chi connectivity index (χ0n) is 12.4. The van der Waals surface area contributed by atoms with E-state index in [2.05, 4.69) is 10.3 Å². The predicted octanol–water partition coefficient (Wildman–Crippen LogP) is 3.52. The number of thiazole rings is 1. The molecule has 1 amide bonds. The fourth-order valence-electron chi connectivity index (χ4n) is 1.83. The van der Waals surface area contributed by atoms with E-state index in [1.54, 1.807) is 26.0 Å². The summed E-state index contributed by atoms with van der Waals surface area (Å²) in [5, 5.41) is 3.82. The lowest BCUT2D eigenvalue weighted by atomic mass is 10.2. The van der Waals surface area contributed by atoms with Crippen LogP contribution in [0.4, 0.5) is 5.69 Å². The normalized spacial score (nSPS) is 10.4. The van der Waals surface area contributed by atoms with Crippen molar-refractivity contribution in [2.45, 2.75) is 20.8 Å². The summed E-state index contributed by atoms with van der Waals surface area (Å²) in [6.07, 6.45) is 0. The van der Waals surface area contributed by atoms with Gasteiger partial charge in [-0.3, -0.25) is 4.79 Å². The molecule has 0 bridgehead atoms. The Bertz CT molecular complexity index is 728. The number of aromatic nitrogens is 1. The lowest BCUT2D eigenvalue weighted by Crippen LogP contribution is -2.21. The Labute approximate surface area is 137 Å². The molecule has 0 aliphatic rings. The number of halogens is 1. The molecule has 0 atom stereocenters. The maximum Gasteiger partial charge on any atom is 0.350 e. The van der Waals surface area contributed by atoms with Crippen molar-refractivity contribution in [2.75, 3.05) is 11.9 Å². The molecule has 1 heterocycles. The summed E-state index contributed by atoms with van der Waals surface area (Å²) in [4.78, 5) is 28.3. The average molecular weight is 339 g/mol. The van der Waals surface area contributed by atoms with E-state index < -0.39 is 11.9 Å². The molecule has 1 aromatic carbocycles.